The van der Waals surface area contributed by atoms with Crippen LogP contribution in [0.3, 0.4) is 0 Å². The monoisotopic (exact) mass is 388 g/mol. The van der Waals surface area contributed by atoms with Gasteiger partial charge in [0.05, 0.1) is 5.92 Å². The number of amides is 2. The summed E-state index contributed by atoms with van der Waals surface area (Å²) in [5.41, 5.74) is 2.25. The summed E-state index contributed by atoms with van der Waals surface area (Å²) in [4.78, 5) is 26.4. The molecule has 26 heavy (non-hydrogen) atoms. The second-order valence-electron chi connectivity index (χ2n) is 6.12. The first kappa shape index (κ1) is 18.6. The van der Waals surface area contributed by atoms with Crippen molar-refractivity contribution < 1.29 is 9.59 Å². The minimum Gasteiger partial charge on any atom is -0.338 e. The Morgan fingerprint density at radius 2 is 2.19 bits per heavy atom. The number of aromatic nitrogens is 2. The van der Waals surface area contributed by atoms with Crippen molar-refractivity contribution in [3.8, 4) is 0 Å². The number of hydrogen-bond donors (Lipinski definition) is 1. The molecule has 0 aliphatic carbocycles. The van der Waals surface area contributed by atoms with Gasteiger partial charge in [-0.1, -0.05) is 59.0 Å². The molecule has 0 spiro atoms. The van der Waals surface area contributed by atoms with Gasteiger partial charge in [-0.15, -0.1) is 16.8 Å². The molecule has 2 aromatic rings. The number of rotatable bonds is 7. The molecular formula is C18H20N4O2S2. The number of aryl methyl sites for hydroxylation is 1. The molecule has 6 nitrogen and oxygen atoms in total. The second kappa shape index (κ2) is 8.46. The number of hydrogen-bond acceptors (Lipinski definition) is 6. The van der Waals surface area contributed by atoms with Gasteiger partial charge in [0.1, 0.15) is 0 Å². The summed E-state index contributed by atoms with van der Waals surface area (Å²) in [6.07, 6.45) is 2.02. The van der Waals surface area contributed by atoms with E-state index < -0.39 is 0 Å². The molecule has 2 amide bonds. The van der Waals surface area contributed by atoms with E-state index in [2.05, 4.69) is 22.1 Å². The van der Waals surface area contributed by atoms with E-state index in [1.54, 1.807) is 11.0 Å². The minimum atomic E-state index is -0.360. The molecule has 2 heterocycles. The Hall–Kier alpha value is -2.19. The average molecular weight is 389 g/mol. The summed E-state index contributed by atoms with van der Waals surface area (Å²) in [7, 11) is 0. The third kappa shape index (κ3) is 4.70. The fourth-order valence-electron chi connectivity index (χ4n) is 2.67. The lowest BCUT2D eigenvalue weighted by atomic mass is 10.1. The van der Waals surface area contributed by atoms with Crippen molar-refractivity contribution in [1.82, 2.24) is 15.1 Å². The van der Waals surface area contributed by atoms with Crippen molar-refractivity contribution in [3.63, 3.8) is 0 Å². The van der Waals surface area contributed by atoms with Crippen molar-refractivity contribution >= 4 is 40.0 Å². The molecule has 1 N–H and O–H groups in total. The van der Waals surface area contributed by atoms with Gasteiger partial charge in [-0.05, 0) is 12.5 Å². The van der Waals surface area contributed by atoms with Crippen LogP contribution < -0.4 is 5.32 Å². The number of anilines is 1. The SMILES string of the molecule is C=CCSc1nnc(NC(=O)C2CC(=O)N(Cc3ccc(C)cc3)C2)s1. The van der Waals surface area contributed by atoms with Crippen LogP contribution in [-0.2, 0) is 16.1 Å². The molecule has 1 aliphatic rings. The maximum Gasteiger partial charge on any atom is 0.231 e. The zero-order chi connectivity index (χ0) is 18.5. The van der Waals surface area contributed by atoms with E-state index in [1.807, 2.05) is 31.2 Å². The predicted octanol–water partition coefficient (Wildman–Crippen LogP) is 3.11. The van der Waals surface area contributed by atoms with Gasteiger partial charge < -0.3 is 10.2 Å². The van der Waals surface area contributed by atoms with Crippen LogP contribution in [0.25, 0.3) is 0 Å². The predicted molar refractivity (Wildman–Crippen MR) is 104 cm³/mol. The third-order valence-electron chi connectivity index (χ3n) is 4.04. The van der Waals surface area contributed by atoms with Crippen LogP contribution in [0.2, 0.25) is 0 Å². The number of thioether (sulfide) groups is 1. The highest BCUT2D eigenvalue weighted by Crippen LogP contribution is 2.27. The normalized spacial score (nSPS) is 16.7. The Morgan fingerprint density at radius 3 is 2.92 bits per heavy atom. The van der Waals surface area contributed by atoms with Gasteiger partial charge in [0, 0.05) is 25.3 Å². The van der Waals surface area contributed by atoms with Gasteiger partial charge >= 0.3 is 0 Å². The number of likely N-dealkylation sites (tertiary alicyclic amines) is 1. The van der Waals surface area contributed by atoms with E-state index in [9.17, 15) is 9.59 Å². The molecule has 0 radical (unpaired) electrons. The maximum absolute atomic E-state index is 12.5. The summed E-state index contributed by atoms with van der Waals surface area (Å²) in [6.45, 7) is 6.65. The van der Waals surface area contributed by atoms with Crippen molar-refractivity contribution in [2.75, 3.05) is 17.6 Å². The molecule has 1 fully saturated rings. The Balaban J connectivity index is 1.55. The van der Waals surface area contributed by atoms with Gasteiger partial charge in [-0.3, -0.25) is 9.59 Å². The Morgan fingerprint density at radius 1 is 1.42 bits per heavy atom. The molecule has 1 aromatic heterocycles. The van der Waals surface area contributed by atoms with Crippen LogP contribution in [-0.4, -0.2) is 39.2 Å². The summed E-state index contributed by atoms with van der Waals surface area (Å²) in [5.74, 6) is 0.209. The zero-order valence-electron chi connectivity index (χ0n) is 14.5. The number of benzene rings is 1. The zero-order valence-corrected chi connectivity index (χ0v) is 16.1. The van der Waals surface area contributed by atoms with E-state index in [1.165, 1.54) is 28.7 Å². The first-order valence-corrected chi connectivity index (χ1v) is 10.1. The second-order valence-corrected chi connectivity index (χ2v) is 8.37. The van der Waals surface area contributed by atoms with Gasteiger partial charge in [-0.2, -0.15) is 0 Å². The van der Waals surface area contributed by atoms with E-state index >= 15 is 0 Å². The fourth-order valence-corrected chi connectivity index (χ4v) is 4.19. The number of nitrogens with zero attached hydrogens (tertiary/aromatic N) is 3. The largest absolute Gasteiger partial charge is 0.338 e. The van der Waals surface area contributed by atoms with E-state index in [-0.39, 0.29) is 24.2 Å². The van der Waals surface area contributed by atoms with Crippen LogP contribution in [0.1, 0.15) is 17.5 Å². The van der Waals surface area contributed by atoms with Crippen LogP contribution in [0.5, 0.6) is 0 Å². The number of carbonyl (C=O) groups excluding carboxylic acids is 2. The molecule has 0 bridgehead atoms. The van der Waals surface area contributed by atoms with E-state index in [0.29, 0.717) is 18.2 Å². The summed E-state index contributed by atoms with van der Waals surface area (Å²) in [5, 5.41) is 11.2. The van der Waals surface area contributed by atoms with Gasteiger partial charge in [0.15, 0.2) is 4.34 Å². The highest BCUT2D eigenvalue weighted by molar-refractivity contribution is 8.01. The van der Waals surface area contributed by atoms with Crippen molar-refractivity contribution in [1.29, 1.82) is 0 Å². The molecular weight excluding hydrogens is 368 g/mol. The first-order chi connectivity index (χ1) is 12.5. The lowest BCUT2D eigenvalue weighted by Crippen LogP contribution is -2.28. The lowest BCUT2D eigenvalue weighted by molar-refractivity contribution is -0.128. The molecule has 1 saturated heterocycles. The first-order valence-electron chi connectivity index (χ1n) is 8.26. The molecule has 1 aliphatic heterocycles. The Labute approximate surface area is 160 Å². The molecule has 8 heteroatoms. The summed E-state index contributed by atoms with van der Waals surface area (Å²) < 4.78 is 0.781. The fraction of sp³-hybridized carbons (Fsp3) is 0.333. The Bertz CT molecular complexity index is 804. The summed E-state index contributed by atoms with van der Waals surface area (Å²) in [6, 6.07) is 8.08. The number of nitrogens with one attached hydrogen (secondary N) is 1. The molecule has 1 atom stereocenters. The minimum absolute atomic E-state index is 0.00483. The lowest BCUT2D eigenvalue weighted by Gasteiger charge is -2.16. The highest BCUT2D eigenvalue weighted by atomic mass is 32.2. The van der Waals surface area contributed by atoms with E-state index in [4.69, 9.17) is 0 Å². The number of carbonyl (C=O) groups is 2. The quantitative estimate of drug-likeness (QED) is 0.448. The Kier molecular flexibility index (Phi) is 6.05. The van der Waals surface area contributed by atoms with Gasteiger partial charge in [-0.25, -0.2) is 0 Å². The van der Waals surface area contributed by atoms with Crippen molar-refractivity contribution in [3.05, 3.63) is 48.0 Å². The van der Waals surface area contributed by atoms with Crippen molar-refractivity contribution in [2.45, 2.75) is 24.2 Å². The molecule has 1 aromatic carbocycles. The molecule has 0 saturated carbocycles. The maximum atomic E-state index is 12.5. The van der Waals surface area contributed by atoms with E-state index in [0.717, 1.165) is 15.7 Å². The van der Waals surface area contributed by atoms with Gasteiger partial charge in [0.2, 0.25) is 16.9 Å². The molecule has 3 rings (SSSR count). The average Bonchev–Trinajstić information content (AvgIpc) is 3.22. The van der Waals surface area contributed by atoms with Crippen LogP contribution >= 0.6 is 23.1 Å². The van der Waals surface area contributed by atoms with Crippen molar-refractivity contribution in [2.24, 2.45) is 5.92 Å². The smallest absolute Gasteiger partial charge is 0.231 e. The van der Waals surface area contributed by atoms with Gasteiger partial charge in [0.25, 0.3) is 0 Å². The topological polar surface area (TPSA) is 75.2 Å². The van der Waals surface area contributed by atoms with Crippen LogP contribution in [0, 0.1) is 12.8 Å². The summed E-state index contributed by atoms with van der Waals surface area (Å²) >= 11 is 2.84. The molecule has 136 valence electrons. The van der Waals surface area contributed by atoms with Crippen LogP contribution in [0.15, 0.2) is 41.3 Å². The molecule has 1 unspecified atom stereocenters. The highest BCUT2D eigenvalue weighted by Gasteiger charge is 2.34. The van der Waals surface area contributed by atoms with Crippen LogP contribution in [0.4, 0.5) is 5.13 Å². The third-order valence-corrected chi connectivity index (χ3v) is 6.01. The standard InChI is InChI=1S/C18H20N4O2S2/c1-3-8-25-18-21-20-17(26-18)19-16(24)14-9-15(23)22(11-14)10-13-6-4-12(2)5-7-13/h3-7,14H,1,8-11H2,2H3,(H,19,20,24).